The van der Waals surface area contributed by atoms with Gasteiger partial charge in [-0.1, -0.05) is 41.0 Å². The number of thioether (sulfide) groups is 1. The quantitative estimate of drug-likeness (QED) is 0.288. The van der Waals surface area contributed by atoms with Crippen LogP contribution in [0.1, 0.15) is 10.4 Å². The fraction of sp³-hybridized carbons (Fsp3) is 0.0526. The van der Waals surface area contributed by atoms with Crippen molar-refractivity contribution < 1.29 is 4.79 Å². The normalized spacial score (nSPS) is 11.1. The molecule has 0 radical (unpaired) electrons. The highest BCUT2D eigenvalue weighted by Crippen LogP contribution is 2.23. The molecule has 0 unspecified atom stereocenters. The van der Waals surface area contributed by atoms with E-state index in [1.54, 1.807) is 48.5 Å². The smallest absolute Gasteiger partial charge is 0.269 e. The maximum Gasteiger partial charge on any atom is 0.269 e. The van der Waals surface area contributed by atoms with Crippen molar-refractivity contribution in [2.45, 2.75) is 5.16 Å². The van der Waals surface area contributed by atoms with Crippen LogP contribution in [0.25, 0.3) is 16.7 Å². The topological polar surface area (TPSA) is 80.6 Å². The Labute approximate surface area is 173 Å². The predicted octanol–water partition coefficient (Wildman–Crippen LogP) is 4.39. The van der Waals surface area contributed by atoms with Gasteiger partial charge < -0.3 is 0 Å². The fourth-order valence-corrected chi connectivity index (χ4v) is 3.87. The van der Waals surface area contributed by atoms with Crippen LogP contribution in [0.3, 0.4) is 0 Å². The van der Waals surface area contributed by atoms with Gasteiger partial charge in [0.05, 0.1) is 17.6 Å². The molecule has 6 nitrogen and oxygen atoms in total. The Morgan fingerprint density at radius 1 is 1.11 bits per heavy atom. The molecule has 1 N–H and O–H groups in total. The molecular formula is C19H12Cl2N4O2S. The number of aromatic nitrogens is 4. The van der Waals surface area contributed by atoms with Crippen molar-refractivity contribution in [2.24, 2.45) is 0 Å². The van der Waals surface area contributed by atoms with Crippen molar-refractivity contribution in [2.75, 3.05) is 5.75 Å². The van der Waals surface area contributed by atoms with Gasteiger partial charge >= 0.3 is 0 Å². The molecule has 0 amide bonds. The van der Waals surface area contributed by atoms with E-state index >= 15 is 0 Å². The zero-order valence-corrected chi connectivity index (χ0v) is 16.6. The number of carbonyl (C=O) groups is 1. The number of halogens is 2. The molecule has 0 aliphatic heterocycles. The minimum atomic E-state index is -0.289. The van der Waals surface area contributed by atoms with Crippen molar-refractivity contribution in [3.63, 3.8) is 0 Å². The maximum atomic E-state index is 13.0. The summed E-state index contributed by atoms with van der Waals surface area (Å²) >= 11 is 13.1. The van der Waals surface area contributed by atoms with Crippen LogP contribution in [0.2, 0.25) is 10.0 Å². The third-order valence-electron chi connectivity index (χ3n) is 4.02. The number of rotatable bonds is 5. The second-order valence-electron chi connectivity index (χ2n) is 5.87. The summed E-state index contributed by atoms with van der Waals surface area (Å²) < 4.78 is 1.43. The van der Waals surface area contributed by atoms with Crippen molar-refractivity contribution >= 4 is 51.8 Å². The SMILES string of the molecule is O=C(CSc1nc2[nH]ncc2c(=O)n1-c1cccc(Cl)c1)c1ccc(Cl)cc1. The summed E-state index contributed by atoms with van der Waals surface area (Å²) in [5.41, 5.74) is 1.18. The highest BCUT2D eigenvalue weighted by molar-refractivity contribution is 7.99. The van der Waals surface area contributed by atoms with Crippen LogP contribution < -0.4 is 5.56 Å². The van der Waals surface area contributed by atoms with Crippen LogP contribution in [-0.4, -0.2) is 31.3 Å². The summed E-state index contributed by atoms with van der Waals surface area (Å²) in [4.78, 5) is 30.0. The van der Waals surface area contributed by atoms with Gasteiger partial charge in [-0.05, 0) is 42.5 Å². The number of H-pyrrole nitrogens is 1. The summed E-state index contributed by atoms with van der Waals surface area (Å²) in [7, 11) is 0. The monoisotopic (exact) mass is 430 g/mol. The van der Waals surface area contributed by atoms with E-state index in [1.165, 1.54) is 22.5 Å². The Morgan fingerprint density at radius 3 is 2.64 bits per heavy atom. The number of ketones is 1. The van der Waals surface area contributed by atoms with Crippen LogP contribution in [0.4, 0.5) is 0 Å². The zero-order valence-electron chi connectivity index (χ0n) is 14.2. The molecule has 0 atom stereocenters. The van der Waals surface area contributed by atoms with Crippen molar-refractivity contribution in [1.29, 1.82) is 0 Å². The van der Waals surface area contributed by atoms with E-state index in [0.29, 0.717) is 37.5 Å². The molecule has 28 heavy (non-hydrogen) atoms. The van der Waals surface area contributed by atoms with Crippen LogP contribution in [0.5, 0.6) is 0 Å². The molecule has 2 aromatic carbocycles. The van der Waals surface area contributed by atoms with E-state index in [-0.39, 0.29) is 17.1 Å². The molecule has 0 saturated carbocycles. The second kappa shape index (κ2) is 7.79. The van der Waals surface area contributed by atoms with Crippen LogP contribution >= 0.6 is 35.0 Å². The van der Waals surface area contributed by atoms with Crippen molar-refractivity contribution in [3.8, 4) is 5.69 Å². The van der Waals surface area contributed by atoms with Gasteiger partial charge in [0, 0.05) is 15.6 Å². The van der Waals surface area contributed by atoms with E-state index < -0.39 is 0 Å². The van der Waals surface area contributed by atoms with Crippen LogP contribution in [0.15, 0.2) is 64.7 Å². The average molecular weight is 431 g/mol. The minimum absolute atomic E-state index is 0.0988. The highest BCUT2D eigenvalue weighted by Gasteiger charge is 2.16. The van der Waals surface area contributed by atoms with Gasteiger partial charge in [-0.25, -0.2) is 4.98 Å². The molecule has 4 rings (SSSR count). The number of nitrogens with one attached hydrogen (secondary N) is 1. The molecule has 0 spiro atoms. The first-order valence-electron chi connectivity index (χ1n) is 8.16. The molecule has 9 heteroatoms. The van der Waals surface area contributed by atoms with E-state index in [1.807, 2.05) is 0 Å². The predicted molar refractivity (Wildman–Crippen MR) is 111 cm³/mol. The van der Waals surface area contributed by atoms with Gasteiger partial charge in [-0.2, -0.15) is 5.10 Å². The Kier molecular flexibility index (Phi) is 5.21. The summed E-state index contributed by atoms with van der Waals surface area (Å²) in [6.45, 7) is 0. The van der Waals surface area contributed by atoms with Crippen LogP contribution in [-0.2, 0) is 0 Å². The van der Waals surface area contributed by atoms with Crippen LogP contribution in [0, 0.1) is 0 Å². The van der Waals surface area contributed by atoms with Crippen molar-refractivity contribution in [3.05, 3.63) is 80.7 Å². The molecule has 0 aliphatic rings. The number of nitrogens with zero attached hydrogens (tertiary/aromatic N) is 3. The lowest BCUT2D eigenvalue weighted by Gasteiger charge is -2.12. The second-order valence-corrected chi connectivity index (χ2v) is 7.68. The lowest BCUT2D eigenvalue weighted by Crippen LogP contribution is -2.21. The third kappa shape index (κ3) is 3.69. The fourth-order valence-electron chi connectivity index (χ4n) is 2.66. The van der Waals surface area contributed by atoms with Gasteiger partial charge in [-0.3, -0.25) is 19.3 Å². The molecule has 4 aromatic rings. The first-order chi connectivity index (χ1) is 13.5. The molecule has 0 bridgehead atoms. The largest absolute Gasteiger partial charge is 0.293 e. The molecule has 0 aliphatic carbocycles. The van der Waals surface area contributed by atoms with E-state index in [2.05, 4.69) is 15.2 Å². The van der Waals surface area contributed by atoms with Gasteiger partial charge in [0.1, 0.15) is 5.39 Å². The lowest BCUT2D eigenvalue weighted by atomic mass is 10.1. The summed E-state index contributed by atoms with van der Waals surface area (Å²) in [6.07, 6.45) is 1.43. The first kappa shape index (κ1) is 18.7. The number of hydrogen-bond acceptors (Lipinski definition) is 5. The highest BCUT2D eigenvalue weighted by atomic mass is 35.5. The maximum absolute atomic E-state index is 13.0. The van der Waals surface area contributed by atoms with E-state index in [0.717, 1.165) is 0 Å². The first-order valence-corrected chi connectivity index (χ1v) is 9.91. The average Bonchev–Trinajstić information content (AvgIpc) is 3.15. The van der Waals surface area contributed by atoms with Gasteiger partial charge in [-0.15, -0.1) is 0 Å². The number of aromatic amines is 1. The van der Waals surface area contributed by atoms with Gasteiger partial charge in [0.2, 0.25) is 0 Å². The van der Waals surface area contributed by atoms with E-state index in [9.17, 15) is 9.59 Å². The zero-order chi connectivity index (χ0) is 19.7. The number of fused-ring (bicyclic) bond motifs is 1. The Bertz CT molecular complexity index is 1230. The molecule has 2 aromatic heterocycles. The molecule has 0 saturated heterocycles. The lowest BCUT2D eigenvalue weighted by molar-refractivity contribution is 0.102. The van der Waals surface area contributed by atoms with Crippen molar-refractivity contribution in [1.82, 2.24) is 19.7 Å². The summed E-state index contributed by atoms with van der Waals surface area (Å²) in [5.74, 6) is 0.00661. The number of carbonyl (C=O) groups excluding carboxylic acids is 1. The Balaban J connectivity index is 1.73. The number of benzene rings is 2. The summed E-state index contributed by atoms with van der Waals surface area (Å²) in [6, 6.07) is 13.6. The van der Waals surface area contributed by atoms with E-state index in [4.69, 9.17) is 23.2 Å². The van der Waals surface area contributed by atoms with Gasteiger partial charge in [0.15, 0.2) is 16.6 Å². The number of hydrogen-bond donors (Lipinski definition) is 1. The Hall–Kier alpha value is -2.61. The Morgan fingerprint density at radius 2 is 1.89 bits per heavy atom. The summed E-state index contributed by atoms with van der Waals surface area (Å²) in [5, 5.41) is 8.37. The van der Waals surface area contributed by atoms with Gasteiger partial charge in [0.25, 0.3) is 5.56 Å². The molecular weight excluding hydrogens is 419 g/mol. The molecule has 140 valence electrons. The molecule has 0 fully saturated rings. The minimum Gasteiger partial charge on any atom is -0.293 e. The third-order valence-corrected chi connectivity index (χ3v) is 5.44. The number of Topliss-reactive ketones (excluding diaryl/α,β-unsaturated/α-hetero) is 1. The molecule has 2 heterocycles. The standard InChI is InChI=1S/C19H12Cl2N4O2S/c20-12-6-4-11(5-7-12)16(26)10-28-19-23-17-15(9-22-24-17)18(27)25(19)14-3-1-2-13(21)8-14/h1-9H,10H2,(H,22,24).